The molecule has 4 heteroatoms. The van der Waals surface area contributed by atoms with Gasteiger partial charge in [-0.2, -0.15) is 0 Å². The second-order valence-corrected chi connectivity index (χ2v) is 7.39. The average molecular weight is 328 g/mol. The molecule has 1 amide bonds. The molecule has 1 aromatic carbocycles. The molecule has 1 aromatic heterocycles. The number of rotatable bonds is 5. The minimum absolute atomic E-state index is 0.0501. The lowest BCUT2D eigenvalue weighted by atomic mass is 10.0. The first-order valence-corrected chi connectivity index (χ1v) is 9.20. The molecule has 3 nitrogen and oxygen atoms in total. The van der Waals surface area contributed by atoms with E-state index in [-0.39, 0.29) is 11.9 Å². The van der Waals surface area contributed by atoms with Gasteiger partial charge in [0.05, 0.1) is 12.6 Å². The van der Waals surface area contributed by atoms with Gasteiger partial charge >= 0.3 is 0 Å². The Labute approximate surface area is 142 Å². The Hall–Kier alpha value is -1.65. The first-order chi connectivity index (χ1) is 11.2. The van der Waals surface area contributed by atoms with Gasteiger partial charge < -0.3 is 5.32 Å². The minimum atomic E-state index is -0.0501. The molecule has 3 rings (SSSR count). The summed E-state index contributed by atoms with van der Waals surface area (Å²) in [5.41, 5.74) is 1.13. The summed E-state index contributed by atoms with van der Waals surface area (Å²) in [4.78, 5) is 16.0. The second-order valence-electron chi connectivity index (χ2n) is 6.41. The van der Waals surface area contributed by atoms with E-state index in [1.165, 1.54) is 17.7 Å². The Morgan fingerprint density at radius 2 is 2.13 bits per heavy atom. The molecule has 0 aliphatic carbocycles. The van der Waals surface area contributed by atoms with Crippen molar-refractivity contribution in [3.8, 4) is 0 Å². The van der Waals surface area contributed by atoms with Crippen molar-refractivity contribution in [1.82, 2.24) is 10.2 Å². The van der Waals surface area contributed by atoms with Gasteiger partial charge in [-0.3, -0.25) is 9.69 Å². The molecule has 1 saturated heterocycles. The zero-order valence-electron chi connectivity index (χ0n) is 13.6. The van der Waals surface area contributed by atoms with Crippen molar-refractivity contribution in [1.29, 1.82) is 0 Å². The first kappa shape index (κ1) is 16.2. The van der Waals surface area contributed by atoms with Crippen molar-refractivity contribution in [2.75, 3.05) is 19.6 Å². The molecule has 0 saturated carbocycles. The largest absolute Gasteiger partial charge is 0.343 e. The number of carbonyl (C=O) groups excluding carboxylic acids is 1. The summed E-state index contributed by atoms with van der Waals surface area (Å²) < 4.78 is 0. The molecule has 23 heavy (non-hydrogen) atoms. The number of benzene rings is 1. The van der Waals surface area contributed by atoms with E-state index in [0.717, 1.165) is 18.7 Å². The maximum atomic E-state index is 12.5. The van der Waals surface area contributed by atoms with Gasteiger partial charge in [-0.25, -0.2) is 0 Å². The fourth-order valence-corrected chi connectivity index (χ4v) is 4.06. The molecule has 2 aromatic rings. The summed E-state index contributed by atoms with van der Waals surface area (Å²) in [6.45, 7) is 4.83. The lowest BCUT2D eigenvalue weighted by Crippen LogP contribution is -2.43. The van der Waals surface area contributed by atoms with Crippen LogP contribution in [-0.4, -0.2) is 30.4 Å². The van der Waals surface area contributed by atoms with E-state index in [9.17, 15) is 4.79 Å². The zero-order chi connectivity index (χ0) is 16.1. The maximum absolute atomic E-state index is 12.5. The number of carbonyl (C=O) groups is 1. The molecule has 1 aliphatic rings. The smallest absolute Gasteiger partial charge is 0.234 e. The molecule has 1 fully saturated rings. The predicted octanol–water partition coefficient (Wildman–Crippen LogP) is 3.69. The van der Waals surface area contributed by atoms with Crippen LogP contribution in [0.2, 0.25) is 0 Å². The third kappa shape index (κ3) is 4.43. The molecule has 2 heterocycles. The van der Waals surface area contributed by atoms with E-state index in [1.807, 2.05) is 24.3 Å². The van der Waals surface area contributed by atoms with E-state index in [2.05, 4.69) is 40.7 Å². The topological polar surface area (TPSA) is 32.3 Å². The molecule has 1 N–H and O–H groups in total. The van der Waals surface area contributed by atoms with Crippen LogP contribution in [-0.2, 0) is 4.79 Å². The zero-order valence-corrected chi connectivity index (χ0v) is 14.4. The Kier molecular flexibility index (Phi) is 5.47. The average Bonchev–Trinajstić information content (AvgIpc) is 3.07. The highest BCUT2D eigenvalue weighted by atomic mass is 32.1. The van der Waals surface area contributed by atoms with E-state index in [0.29, 0.717) is 12.5 Å². The lowest BCUT2D eigenvalue weighted by Gasteiger charge is -2.30. The van der Waals surface area contributed by atoms with Crippen molar-refractivity contribution in [3.05, 3.63) is 58.3 Å². The SMILES string of the molecule is C[C@H]1CCCN(CC(=O)N[C@@H](c2ccccc2)c2cccs2)C1. The summed E-state index contributed by atoms with van der Waals surface area (Å²) in [6.07, 6.45) is 2.47. The van der Waals surface area contributed by atoms with Crippen molar-refractivity contribution >= 4 is 17.2 Å². The minimum Gasteiger partial charge on any atom is -0.343 e. The van der Waals surface area contributed by atoms with Crippen LogP contribution in [0.4, 0.5) is 0 Å². The van der Waals surface area contributed by atoms with Gasteiger partial charge in [-0.1, -0.05) is 43.3 Å². The number of nitrogens with one attached hydrogen (secondary N) is 1. The third-order valence-corrected chi connectivity index (χ3v) is 5.31. The number of nitrogens with zero attached hydrogens (tertiary/aromatic N) is 1. The van der Waals surface area contributed by atoms with Crippen LogP contribution in [0, 0.1) is 5.92 Å². The first-order valence-electron chi connectivity index (χ1n) is 8.32. The molecule has 2 atom stereocenters. The number of piperidine rings is 1. The Balaban J connectivity index is 1.68. The lowest BCUT2D eigenvalue weighted by molar-refractivity contribution is -0.123. The second kappa shape index (κ2) is 7.75. The maximum Gasteiger partial charge on any atom is 0.234 e. The van der Waals surface area contributed by atoms with E-state index >= 15 is 0 Å². The van der Waals surface area contributed by atoms with Crippen molar-refractivity contribution in [2.24, 2.45) is 5.92 Å². The van der Waals surface area contributed by atoms with Crippen molar-refractivity contribution in [3.63, 3.8) is 0 Å². The number of hydrogen-bond donors (Lipinski definition) is 1. The van der Waals surface area contributed by atoms with Crippen LogP contribution < -0.4 is 5.32 Å². The summed E-state index contributed by atoms with van der Waals surface area (Å²) in [5, 5.41) is 5.29. The summed E-state index contributed by atoms with van der Waals surface area (Å²) >= 11 is 1.69. The summed E-state index contributed by atoms with van der Waals surface area (Å²) in [5.74, 6) is 0.806. The molecule has 1 aliphatic heterocycles. The van der Waals surface area contributed by atoms with Crippen LogP contribution in [0.1, 0.15) is 36.2 Å². The number of hydrogen-bond acceptors (Lipinski definition) is 3. The van der Waals surface area contributed by atoms with Crippen LogP contribution >= 0.6 is 11.3 Å². The van der Waals surface area contributed by atoms with E-state index < -0.39 is 0 Å². The van der Waals surface area contributed by atoms with Gasteiger partial charge in [0.1, 0.15) is 0 Å². The van der Waals surface area contributed by atoms with Gasteiger partial charge in [-0.05, 0) is 42.3 Å². The summed E-state index contributed by atoms with van der Waals surface area (Å²) in [7, 11) is 0. The van der Waals surface area contributed by atoms with Crippen LogP contribution in [0.5, 0.6) is 0 Å². The van der Waals surface area contributed by atoms with Gasteiger partial charge in [0.25, 0.3) is 0 Å². The molecular formula is C19H24N2OS. The van der Waals surface area contributed by atoms with E-state index in [4.69, 9.17) is 0 Å². The van der Waals surface area contributed by atoms with Crippen molar-refractivity contribution in [2.45, 2.75) is 25.8 Å². The highest BCUT2D eigenvalue weighted by Crippen LogP contribution is 2.26. The number of likely N-dealkylation sites (tertiary alicyclic amines) is 1. The Morgan fingerprint density at radius 1 is 1.30 bits per heavy atom. The number of amides is 1. The van der Waals surface area contributed by atoms with Crippen LogP contribution in [0.15, 0.2) is 47.8 Å². The monoisotopic (exact) mass is 328 g/mol. The molecule has 0 unspecified atom stereocenters. The fourth-order valence-electron chi connectivity index (χ4n) is 3.26. The Morgan fingerprint density at radius 3 is 2.83 bits per heavy atom. The highest BCUT2D eigenvalue weighted by molar-refractivity contribution is 7.10. The molecule has 122 valence electrons. The molecule has 0 bridgehead atoms. The highest BCUT2D eigenvalue weighted by Gasteiger charge is 2.22. The fraction of sp³-hybridized carbons (Fsp3) is 0.421. The number of thiophene rings is 1. The molecule has 0 radical (unpaired) electrons. The molecule has 0 spiro atoms. The van der Waals surface area contributed by atoms with Crippen LogP contribution in [0.3, 0.4) is 0 Å². The van der Waals surface area contributed by atoms with Crippen molar-refractivity contribution < 1.29 is 4.79 Å². The molecular weight excluding hydrogens is 304 g/mol. The van der Waals surface area contributed by atoms with Gasteiger partial charge in [0.15, 0.2) is 0 Å². The third-order valence-electron chi connectivity index (χ3n) is 4.37. The van der Waals surface area contributed by atoms with Crippen LogP contribution in [0.25, 0.3) is 0 Å². The van der Waals surface area contributed by atoms with Gasteiger partial charge in [0.2, 0.25) is 5.91 Å². The Bertz CT molecular complexity index is 612. The summed E-state index contributed by atoms with van der Waals surface area (Å²) in [6, 6.07) is 14.3. The van der Waals surface area contributed by atoms with Gasteiger partial charge in [0, 0.05) is 11.4 Å². The normalized spacial score (nSPS) is 20.1. The standard InChI is InChI=1S/C19H24N2OS/c1-15-7-5-11-21(13-15)14-18(22)20-19(17-10-6-12-23-17)16-8-3-2-4-9-16/h2-4,6,8-10,12,15,19H,5,7,11,13-14H2,1H3,(H,20,22)/t15-,19-/m0/s1. The predicted molar refractivity (Wildman–Crippen MR) is 95.6 cm³/mol. The van der Waals surface area contributed by atoms with E-state index in [1.54, 1.807) is 11.3 Å². The van der Waals surface area contributed by atoms with Gasteiger partial charge in [-0.15, -0.1) is 11.3 Å². The quantitative estimate of drug-likeness (QED) is 0.908.